The van der Waals surface area contributed by atoms with E-state index >= 15 is 0 Å². The third kappa shape index (κ3) is 4.65. The average Bonchev–Trinajstić information content (AvgIpc) is 2.74. The van der Waals surface area contributed by atoms with Gasteiger partial charge < -0.3 is 10.4 Å². The molecule has 0 aliphatic heterocycles. The van der Waals surface area contributed by atoms with E-state index in [-0.39, 0.29) is 17.0 Å². The zero-order valence-corrected chi connectivity index (χ0v) is 18.3. The van der Waals surface area contributed by atoms with E-state index in [1.807, 2.05) is 6.07 Å². The van der Waals surface area contributed by atoms with Crippen LogP contribution >= 0.6 is 11.6 Å². The minimum Gasteiger partial charge on any atom is -0.507 e. The first-order chi connectivity index (χ1) is 15.4. The van der Waals surface area contributed by atoms with Crippen molar-refractivity contribution in [2.75, 3.05) is 5.32 Å². The number of amides is 1. The van der Waals surface area contributed by atoms with Gasteiger partial charge in [-0.2, -0.15) is 18.4 Å². The van der Waals surface area contributed by atoms with Crippen molar-refractivity contribution in [1.82, 2.24) is 0 Å². The number of halogens is 4. The number of aromatic hydroxyl groups is 1. The van der Waals surface area contributed by atoms with Crippen LogP contribution in [0.3, 0.4) is 0 Å². The van der Waals surface area contributed by atoms with Crippen LogP contribution in [-0.4, -0.2) is 24.9 Å². The van der Waals surface area contributed by atoms with Gasteiger partial charge in [-0.25, -0.2) is 8.42 Å². The highest BCUT2D eigenvalue weighted by Crippen LogP contribution is 2.35. The fourth-order valence-electron chi connectivity index (χ4n) is 3.10. The molecule has 2 N–H and O–H groups in total. The zero-order valence-electron chi connectivity index (χ0n) is 16.7. The predicted molar refractivity (Wildman–Crippen MR) is 116 cm³/mol. The Bertz CT molecular complexity index is 1400. The third-order valence-electron chi connectivity index (χ3n) is 4.80. The molecule has 3 aromatic carbocycles. The number of phenolic OH excluding ortho intramolecular Hbond substituents is 1. The lowest BCUT2D eigenvalue weighted by molar-refractivity contribution is -0.0436. The summed E-state index contributed by atoms with van der Waals surface area (Å²) < 4.78 is 61.3. The number of sulfone groups is 1. The van der Waals surface area contributed by atoms with E-state index in [1.54, 1.807) is 37.3 Å². The molecule has 0 saturated heterocycles. The van der Waals surface area contributed by atoms with Crippen LogP contribution in [0.2, 0.25) is 5.02 Å². The lowest BCUT2D eigenvalue weighted by Crippen LogP contribution is -2.23. The number of phenols is 1. The van der Waals surface area contributed by atoms with Crippen LogP contribution in [-0.2, 0) is 9.84 Å². The summed E-state index contributed by atoms with van der Waals surface area (Å²) in [6.45, 7) is 1.59. The summed E-state index contributed by atoms with van der Waals surface area (Å²) in [5.41, 5.74) is -3.65. The number of hydrogen-bond donors (Lipinski definition) is 2. The Labute approximate surface area is 191 Å². The molecule has 0 heterocycles. The van der Waals surface area contributed by atoms with Crippen molar-refractivity contribution >= 4 is 33.0 Å². The van der Waals surface area contributed by atoms with Crippen molar-refractivity contribution in [3.8, 4) is 22.9 Å². The van der Waals surface area contributed by atoms with Crippen LogP contribution in [0.5, 0.6) is 5.75 Å². The molecule has 3 aromatic rings. The molecule has 170 valence electrons. The van der Waals surface area contributed by atoms with Crippen molar-refractivity contribution < 1.29 is 31.5 Å². The van der Waals surface area contributed by atoms with Crippen LogP contribution in [0.1, 0.15) is 21.5 Å². The first-order valence-electron chi connectivity index (χ1n) is 9.12. The number of carbonyl (C=O) groups excluding carboxylic acids is 1. The van der Waals surface area contributed by atoms with Gasteiger partial charge in [-0.05, 0) is 60.0 Å². The molecule has 0 unspecified atom stereocenters. The highest BCUT2D eigenvalue weighted by molar-refractivity contribution is 7.92. The fourth-order valence-corrected chi connectivity index (χ4v) is 4.18. The van der Waals surface area contributed by atoms with E-state index in [0.717, 1.165) is 6.07 Å². The topological polar surface area (TPSA) is 107 Å². The number of benzene rings is 3. The van der Waals surface area contributed by atoms with Crippen LogP contribution < -0.4 is 5.32 Å². The lowest BCUT2D eigenvalue weighted by Gasteiger charge is -2.15. The Morgan fingerprint density at radius 2 is 1.73 bits per heavy atom. The number of nitrogens with one attached hydrogen (secondary N) is 1. The number of alkyl halides is 3. The zero-order chi connectivity index (χ0) is 24.6. The molecular formula is C22H14ClF3N2O4S. The van der Waals surface area contributed by atoms with Crippen LogP contribution in [0, 0.1) is 18.3 Å². The van der Waals surface area contributed by atoms with E-state index in [4.69, 9.17) is 16.9 Å². The number of carbonyl (C=O) groups is 1. The van der Waals surface area contributed by atoms with Gasteiger partial charge in [0.1, 0.15) is 5.75 Å². The van der Waals surface area contributed by atoms with Gasteiger partial charge in [-0.1, -0.05) is 29.8 Å². The highest BCUT2D eigenvalue weighted by atomic mass is 35.5. The van der Waals surface area contributed by atoms with Gasteiger partial charge in [0.2, 0.25) is 0 Å². The smallest absolute Gasteiger partial charge is 0.501 e. The molecule has 33 heavy (non-hydrogen) atoms. The first kappa shape index (κ1) is 24.1. The minimum atomic E-state index is -5.61. The Kier molecular flexibility index (Phi) is 6.40. The summed E-state index contributed by atoms with van der Waals surface area (Å²) in [5, 5.41) is 21.1. The number of nitrogens with zero attached hydrogens (tertiary/aromatic N) is 1. The van der Waals surface area contributed by atoms with Gasteiger partial charge >= 0.3 is 5.51 Å². The second-order valence-electron chi connectivity index (χ2n) is 6.87. The number of anilines is 1. The summed E-state index contributed by atoms with van der Waals surface area (Å²) >= 11 is 5.92. The quantitative estimate of drug-likeness (QED) is 0.502. The van der Waals surface area contributed by atoms with E-state index in [9.17, 15) is 31.5 Å². The molecule has 11 heteroatoms. The summed E-state index contributed by atoms with van der Waals surface area (Å²) in [5.74, 6) is -1.16. The lowest BCUT2D eigenvalue weighted by atomic mass is 9.94. The second-order valence-corrected chi connectivity index (χ2v) is 9.21. The molecule has 0 fully saturated rings. The van der Waals surface area contributed by atoms with Crippen molar-refractivity contribution in [3.63, 3.8) is 0 Å². The van der Waals surface area contributed by atoms with Gasteiger partial charge in [0.15, 0.2) is 0 Å². The summed E-state index contributed by atoms with van der Waals surface area (Å²) in [7, 11) is -5.61. The number of nitriles is 1. The van der Waals surface area contributed by atoms with Gasteiger partial charge in [-0.3, -0.25) is 4.79 Å². The molecule has 0 aromatic heterocycles. The Balaban J connectivity index is 1.96. The molecule has 0 atom stereocenters. The SMILES string of the molecule is Cc1c(-c2ccc(C#N)cc2)ccc(O)c1C(=O)Nc1ccc(S(=O)(=O)C(F)(F)F)cc1Cl. The summed E-state index contributed by atoms with van der Waals surface area (Å²) in [6.07, 6.45) is 0. The van der Waals surface area contributed by atoms with Gasteiger partial charge in [-0.15, -0.1) is 0 Å². The molecule has 0 radical (unpaired) electrons. The molecule has 0 aliphatic carbocycles. The van der Waals surface area contributed by atoms with Crippen molar-refractivity contribution in [3.05, 3.63) is 76.3 Å². The van der Waals surface area contributed by atoms with Crippen molar-refractivity contribution in [1.29, 1.82) is 5.26 Å². The third-order valence-corrected chi connectivity index (χ3v) is 6.60. The van der Waals surface area contributed by atoms with E-state index < -0.39 is 31.2 Å². The molecule has 0 aliphatic rings. The van der Waals surface area contributed by atoms with Crippen molar-refractivity contribution in [2.24, 2.45) is 0 Å². The molecule has 0 spiro atoms. The Hall–Kier alpha value is -3.55. The molecular weight excluding hydrogens is 481 g/mol. The maximum absolute atomic E-state index is 12.9. The molecule has 3 rings (SSSR count). The molecule has 0 saturated carbocycles. The largest absolute Gasteiger partial charge is 0.507 e. The second kappa shape index (κ2) is 8.77. The minimum absolute atomic E-state index is 0.111. The predicted octanol–water partition coefficient (Wildman–Crippen LogP) is 5.44. The Morgan fingerprint density at radius 3 is 2.27 bits per heavy atom. The molecule has 0 bridgehead atoms. The van der Waals surface area contributed by atoms with Gasteiger partial charge in [0.05, 0.1) is 32.8 Å². The normalized spacial score (nSPS) is 11.6. The van der Waals surface area contributed by atoms with E-state index in [1.165, 1.54) is 6.07 Å². The van der Waals surface area contributed by atoms with E-state index in [0.29, 0.717) is 34.4 Å². The van der Waals surface area contributed by atoms with Crippen molar-refractivity contribution in [2.45, 2.75) is 17.3 Å². The molecule has 1 amide bonds. The first-order valence-corrected chi connectivity index (χ1v) is 11.0. The average molecular weight is 495 g/mol. The van der Waals surface area contributed by atoms with Gasteiger partial charge in [0, 0.05) is 0 Å². The Morgan fingerprint density at radius 1 is 1.09 bits per heavy atom. The maximum atomic E-state index is 12.9. The van der Waals surface area contributed by atoms with Crippen LogP contribution in [0.4, 0.5) is 18.9 Å². The standard InChI is InChI=1S/C22H14ClF3N2O4S/c1-12-16(14-4-2-13(11-27)3-5-14)7-9-19(29)20(12)21(30)28-18-8-6-15(10-17(18)23)33(31,32)22(24,25)26/h2-10,29H,1H3,(H,28,30). The van der Waals surface area contributed by atoms with E-state index in [2.05, 4.69) is 5.32 Å². The maximum Gasteiger partial charge on any atom is 0.501 e. The highest BCUT2D eigenvalue weighted by Gasteiger charge is 2.47. The monoisotopic (exact) mass is 494 g/mol. The van der Waals surface area contributed by atoms with Crippen LogP contribution in [0.15, 0.2) is 59.5 Å². The summed E-state index contributed by atoms with van der Waals surface area (Å²) in [6, 6.07) is 13.6. The summed E-state index contributed by atoms with van der Waals surface area (Å²) in [4.78, 5) is 11.8. The number of rotatable bonds is 4. The fraction of sp³-hybridized carbons (Fsp3) is 0.0909. The molecule has 6 nitrogen and oxygen atoms in total. The number of hydrogen-bond acceptors (Lipinski definition) is 5. The van der Waals surface area contributed by atoms with Crippen LogP contribution in [0.25, 0.3) is 11.1 Å². The van der Waals surface area contributed by atoms with Gasteiger partial charge in [0.25, 0.3) is 15.7 Å².